The van der Waals surface area contributed by atoms with Gasteiger partial charge in [-0.25, -0.2) is 4.98 Å². The second-order valence-electron chi connectivity index (χ2n) is 4.75. The molecule has 0 aromatic carbocycles. The summed E-state index contributed by atoms with van der Waals surface area (Å²) in [6.45, 7) is 3.35. The fourth-order valence-corrected chi connectivity index (χ4v) is 2.56. The molecule has 2 atom stereocenters. The third-order valence-corrected chi connectivity index (χ3v) is 3.29. The summed E-state index contributed by atoms with van der Waals surface area (Å²) in [7, 11) is 0. The Hall–Kier alpha value is -1.12. The van der Waals surface area contributed by atoms with Crippen LogP contribution in [0.2, 0.25) is 0 Å². The minimum atomic E-state index is 0.541. The van der Waals surface area contributed by atoms with Gasteiger partial charge in [0, 0.05) is 12.7 Å². The van der Waals surface area contributed by atoms with E-state index >= 15 is 0 Å². The molecule has 1 aromatic rings. The third kappa shape index (κ3) is 2.67. The van der Waals surface area contributed by atoms with Crippen molar-refractivity contribution in [1.29, 1.82) is 0 Å². The van der Waals surface area contributed by atoms with E-state index in [1.165, 1.54) is 25.7 Å². The van der Waals surface area contributed by atoms with Crippen LogP contribution in [0.15, 0.2) is 12.5 Å². The zero-order valence-corrected chi connectivity index (χ0v) is 9.22. The van der Waals surface area contributed by atoms with Crippen LogP contribution in [0.25, 0.3) is 0 Å². The van der Waals surface area contributed by atoms with Crippen molar-refractivity contribution in [2.45, 2.75) is 39.2 Å². The number of nitrogens with zero attached hydrogens (tertiary/aromatic N) is 2. The van der Waals surface area contributed by atoms with Gasteiger partial charge < -0.3 is 4.57 Å². The molecule has 1 aliphatic rings. The maximum absolute atomic E-state index is 10.5. The highest BCUT2D eigenvalue weighted by Gasteiger charge is 2.19. The second-order valence-corrected chi connectivity index (χ2v) is 4.75. The summed E-state index contributed by atoms with van der Waals surface area (Å²) in [5.74, 6) is 1.63. The Bertz CT molecular complexity index is 332. The summed E-state index contributed by atoms with van der Waals surface area (Å²) < 4.78 is 2.05. The van der Waals surface area contributed by atoms with Crippen LogP contribution in [0.4, 0.5) is 0 Å². The van der Waals surface area contributed by atoms with Crippen LogP contribution in [0.1, 0.15) is 43.1 Å². The molecule has 0 N–H and O–H groups in total. The predicted molar refractivity (Wildman–Crippen MR) is 58.7 cm³/mol. The van der Waals surface area contributed by atoms with Gasteiger partial charge in [0.2, 0.25) is 0 Å². The molecule has 1 saturated carbocycles. The first-order valence-corrected chi connectivity index (χ1v) is 5.75. The highest BCUT2D eigenvalue weighted by Crippen LogP contribution is 2.29. The Balaban J connectivity index is 1.92. The molecule has 2 unspecified atom stereocenters. The fourth-order valence-electron chi connectivity index (χ4n) is 2.56. The van der Waals surface area contributed by atoms with E-state index in [4.69, 9.17) is 0 Å². The highest BCUT2D eigenvalue weighted by atomic mass is 16.1. The standard InChI is InChI=1S/C12H18N2O/c1-10-3-2-4-11(5-10)6-14-7-12(8-15)13-9-14/h7-11H,2-6H2,1H3. The Labute approximate surface area is 90.5 Å². The molecule has 0 radical (unpaired) electrons. The SMILES string of the molecule is CC1CCCC(Cn2cnc(C=O)c2)C1. The van der Waals surface area contributed by atoms with Crippen LogP contribution in [0.3, 0.4) is 0 Å². The Kier molecular flexibility index (Phi) is 3.19. The van der Waals surface area contributed by atoms with E-state index in [1.807, 2.05) is 10.8 Å². The van der Waals surface area contributed by atoms with Crippen molar-refractivity contribution in [2.24, 2.45) is 11.8 Å². The molecule has 1 aliphatic carbocycles. The molecule has 0 saturated heterocycles. The molecule has 0 aliphatic heterocycles. The van der Waals surface area contributed by atoms with Gasteiger partial charge in [0.05, 0.1) is 6.33 Å². The van der Waals surface area contributed by atoms with Crippen molar-refractivity contribution in [2.75, 3.05) is 0 Å². The van der Waals surface area contributed by atoms with Gasteiger partial charge in [-0.05, 0) is 24.7 Å². The normalized spacial score (nSPS) is 26.5. The smallest absolute Gasteiger partial charge is 0.169 e. The van der Waals surface area contributed by atoms with Crippen LogP contribution in [-0.2, 0) is 6.54 Å². The first kappa shape index (κ1) is 10.4. The van der Waals surface area contributed by atoms with Crippen LogP contribution in [0, 0.1) is 11.8 Å². The largest absolute Gasteiger partial charge is 0.336 e. The molecule has 0 amide bonds. The number of imidazole rings is 1. The van der Waals surface area contributed by atoms with E-state index in [-0.39, 0.29) is 0 Å². The molecule has 1 fully saturated rings. The van der Waals surface area contributed by atoms with Crippen molar-refractivity contribution < 1.29 is 4.79 Å². The van der Waals surface area contributed by atoms with E-state index in [1.54, 1.807) is 6.33 Å². The lowest BCUT2D eigenvalue weighted by atomic mass is 9.82. The van der Waals surface area contributed by atoms with E-state index in [9.17, 15) is 4.79 Å². The van der Waals surface area contributed by atoms with E-state index in [2.05, 4.69) is 11.9 Å². The molecule has 82 valence electrons. The van der Waals surface area contributed by atoms with Crippen LogP contribution >= 0.6 is 0 Å². The first-order chi connectivity index (χ1) is 7.28. The topological polar surface area (TPSA) is 34.9 Å². The molecule has 1 aromatic heterocycles. The van der Waals surface area contributed by atoms with Gasteiger partial charge in [0.1, 0.15) is 5.69 Å². The van der Waals surface area contributed by atoms with Gasteiger partial charge in [0.25, 0.3) is 0 Å². The lowest BCUT2D eigenvalue weighted by molar-refractivity contribution is 0.111. The molecule has 2 rings (SSSR count). The summed E-state index contributed by atoms with van der Waals surface area (Å²) in [5.41, 5.74) is 0.541. The Morgan fingerprint density at radius 3 is 3.13 bits per heavy atom. The van der Waals surface area contributed by atoms with Crippen molar-refractivity contribution in [3.63, 3.8) is 0 Å². The summed E-state index contributed by atoms with van der Waals surface area (Å²) in [4.78, 5) is 14.5. The van der Waals surface area contributed by atoms with E-state index < -0.39 is 0 Å². The first-order valence-electron chi connectivity index (χ1n) is 5.75. The van der Waals surface area contributed by atoms with Gasteiger partial charge in [-0.3, -0.25) is 4.79 Å². The van der Waals surface area contributed by atoms with Gasteiger partial charge in [-0.2, -0.15) is 0 Å². The molecule has 3 nitrogen and oxygen atoms in total. The molecule has 15 heavy (non-hydrogen) atoms. The van der Waals surface area contributed by atoms with Crippen molar-refractivity contribution in [3.05, 3.63) is 18.2 Å². The van der Waals surface area contributed by atoms with Crippen LogP contribution in [-0.4, -0.2) is 15.8 Å². The lowest BCUT2D eigenvalue weighted by Crippen LogP contribution is -2.17. The van der Waals surface area contributed by atoms with Crippen molar-refractivity contribution >= 4 is 6.29 Å². The predicted octanol–water partition coefficient (Wildman–Crippen LogP) is 2.52. The number of aromatic nitrogens is 2. The zero-order chi connectivity index (χ0) is 10.7. The number of carbonyl (C=O) groups is 1. The minimum absolute atomic E-state index is 0.541. The third-order valence-electron chi connectivity index (χ3n) is 3.29. The van der Waals surface area contributed by atoms with Gasteiger partial charge >= 0.3 is 0 Å². The van der Waals surface area contributed by atoms with Gasteiger partial charge in [0.15, 0.2) is 6.29 Å². The Morgan fingerprint density at radius 1 is 1.60 bits per heavy atom. The Morgan fingerprint density at radius 2 is 2.47 bits per heavy atom. The number of hydrogen-bond acceptors (Lipinski definition) is 2. The van der Waals surface area contributed by atoms with E-state index in [0.717, 1.165) is 24.7 Å². The number of aldehydes is 1. The number of carbonyl (C=O) groups excluding carboxylic acids is 1. The monoisotopic (exact) mass is 206 g/mol. The van der Waals surface area contributed by atoms with Gasteiger partial charge in [-0.1, -0.05) is 19.8 Å². The van der Waals surface area contributed by atoms with Crippen LogP contribution in [0.5, 0.6) is 0 Å². The summed E-state index contributed by atoms with van der Waals surface area (Å²) in [6, 6.07) is 0. The molecule has 0 spiro atoms. The second kappa shape index (κ2) is 4.60. The van der Waals surface area contributed by atoms with E-state index in [0.29, 0.717) is 5.69 Å². The quantitative estimate of drug-likeness (QED) is 0.712. The van der Waals surface area contributed by atoms with Crippen molar-refractivity contribution in [3.8, 4) is 0 Å². The highest BCUT2D eigenvalue weighted by molar-refractivity contribution is 5.70. The summed E-state index contributed by atoms with van der Waals surface area (Å²) in [6.07, 6.45) is 9.77. The zero-order valence-electron chi connectivity index (χ0n) is 9.22. The number of hydrogen-bond donors (Lipinski definition) is 0. The van der Waals surface area contributed by atoms with Gasteiger partial charge in [-0.15, -0.1) is 0 Å². The summed E-state index contributed by atoms with van der Waals surface area (Å²) in [5, 5.41) is 0. The average Bonchev–Trinajstić information content (AvgIpc) is 2.65. The minimum Gasteiger partial charge on any atom is -0.336 e. The van der Waals surface area contributed by atoms with Crippen LogP contribution < -0.4 is 0 Å². The molecule has 0 bridgehead atoms. The maximum Gasteiger partial charge on any atom is 0.169 e. The maximum atomic E-state index is 10.5. The molecule has 1 heterocycles. The van der Waals surface area contributed by atoms with Crippen molar-refractivity contribution in [1.82, 2.24) is 9.55 Å². The molecule has 3 heteroatoms. The average molecular weight is 206 g/mol. The molecular formula is C12H18N2O. The lowest BCUT2D eigenvalue weighted by Gasteiger charge is -2.26. The summed E-state index contributed by atoms with van der Waals surface area (Å²) >= 11 is 0. The number of rotatable bonds is 3. The fraction of sp³-hybridized carbons (Fsp3) is 0.667. The molecular weight excluding hydrogens is 188 g/mol.